The van der Waals surface area contributed by atoms with E-state index in [1.54, 1.807) is 5.57 Å². The number of hydrogen-bond acceptors (Lipinski definition) is 4. The van der Waals surface area contributed by atoms with Gasteiger partial charge in [-0.2, -0.15) is 0 Å². The van der Waals surface area contributed by atoms with Crippen molar-refractivity contribution >= 4 is 11.8 Å². The van der Waals surface area contributed by atoms with Crippen LogP contribution in [0.5, 0.6) is 0 Å². The lowest BCUT2D eigenvalue weighted by molar-refractivity contribution is -0.139. The summed E-state index contributed by atoms with van der Waals surface area (Å²) in [4.78, 5) is 21.2. The third kappa shape index (κ3) is 9.58. The average Bonchev–Trinajstić information content (AvgIpc) is 2.72. The summed E-state index contributed by atoms with van der Waals surface area (Å²) in [5.41, 5.74) is 1.64. The van der Waals surface area contributed by atoms with E-state index < -0.39 is 12.1 Å². The van der Waals surface area contributed by atoms with Crippen molar-refractivity contribution in [1.29, 1.82) is 0 Å². The summed E-state index contributed by atoms with van der Waals surface area (Å²) in [6.07, 6.45) is 16.2. The third-order valence-corrected chi connectivity index (χ3v) is 7.26. The van der Waals surface area contributed by atoms with Crippen molar-refractivity contribution in [3.63, 3.8) is 0 Å². The van der Waals surface area contributed by atoms with Gasteiger partial charge in [-0.3, -0.25) is 9.59 Å². The average molecular weight is 451 g/mol. The highest BCUT2D eigenvalue weighted by molar-refractivity contribution is 5.83. The Morgan fingerprint density at radius 2 is 1.84 bits per heavy atom. The van der Waals surface area contributed by atoms with Crippen molar-refractivity contribution in [2.24, 2.45) is 29.6 Å². The Morgan fingerprint density at radius 3 is 2.34 bits per heavy atom. The number of allylic oxidation sites excluding steroid dienone is 4. The van der Waals surface area contributed by atoms with E-state index in [1.165, 1.54) is 32.1 Å². The summed E-state index contributed by atoms with van der Waals surface area (Å²) in [5.74, 6) is 2.81. The van der Waals surface area contributed by atoms with Crippen LogP contribution in [0.1, 0.15) is 91.9 Å². The van der Waals surface area contributed by atoms with Gasteiger partial charge in [0.1, 0.15) is 5.78 Å². The number of aliphatic carboxylic acids is 1. The molecule has 0 aromatic heterocycles. The second-order valence-corrected chi connectivity index (χ2v) is 9.64. The summed E-state index contributed by atoms with van der Waals surface area (Å²) in [6.45, 7) is 8.67. The van der Waals surface area contributed by atoms with Gasteiger partial charge in [0.25, 0.3) is 0 Å². The first-order valence-electron chi connectivity index (χ1n) is 12.7. The molecule has 0 aromatic rings. The van der Waals surface area contributed by atoms with Gasteiger partial charge < -0.3 is 15.3 Å². The molecule has 184 valence electrons. The number of rotatable bonds is 8. The number of aliphatic hydroxyl groups excluding tert-OH is 2. The Labute approximate surface area is 195 Å². The first-order valence-corrected chi connectivity index (χ1v) is 12.7. The predicted octanol–water partition coefficient (Wildman–Crippen LogP) is 5.55. The number of carboxylic acid groups (broad SMARTS) is 1. The van der Waals surface area contributed by atoms with Crippen molar-refractivity contribution in [1.82, 2.24) is 0 Å². The molecule has 5 nitrogen and oxygen atoms in total. The summed E-state index contributed by atoms with van der Waals surface area (Å²) in [7, 11) is 0. The minimum atomic E-state index is -1.05. The van der Waals surface area contributed by atoms with Gasteiger partial charge in [-0.25, -0.2) is 0 Å². The topological polar surface area (TPSA) is 94.8 Å². The molecule has 0 heterocycles. The minimum absolute atomic E-state index is 0.131. The summed E-state index contributed by atoms with van der Waals surface area (Å²) in [5, 5.41) is 24.9. The predicted molar refractivity (Wildman–Crippen MR) is 129 cm³/mol. The molecule has 4 unspecified atom stereocenters. The number of carbonyl (C=O) groups is 2. The highest BCUT2D eigenvalue weighted by Gasteiger charge is 2.30. The standard InChI is InChI=1S/C13H20.C9H16O.C5H10O4/c1-3-12-10(2)8-9-11-6-4-5-7-13(11)12;1-3-7(2)9(10)8-5-4-6-8;6-2-1-4(7)3-5(8)9/h6,8-10,12-13H,3-5,7H2,1-2H3;7-8H,3-6H2,1-2H3;4,6-7H,1-3H2,(H,8,9)/t;7-;/m.0./s1. The van der Waals surface area contributed by atoms with Gasteiger partial charge in [-0.05, 0) is 68.3 Å². The molecule has 1 fully saturated rings. The van der Waals surface area contributed by atoms with Crippen LogP contribution in [-0.4, -0.2) is 39.8 Å². The number of carbonyl (C=O) groups excluding carboxylic acids is 1. The van der Waals surface area contributed by atoms with Gasteiger partial charge in [-0.15, -0.1) is 0 Å². The van der Waals surface area contributed by atoms with Gasteiger partial charge >= 0.3 is 5.97 Å². The van der Waals surface area contributed by atoms with E-state index in [1.807, 2.05) is 6.92 Å². The van der Waals surface area contributed by atoms with Crippen LogP contribution in [0.25, 0.3) is 0 Å². The van der Waals surface area contributed by atoms with Crippen LogP contribution in [0.4, 0.5) is 0 Å². The van der Waals surface area contributed by atoms with Crippen LogP contribution in [-0.2, 0) is 9.59 Å². The Morgan fingerprint density at radius 1 is 1.16 bits per heavy atom. The quantitative estimate of drug-likeness (QED) is 0.450. The molecule has 0 bridgehead atoms. The summed E-state index contributed by atoms with van der Waals surface area (Å²) < 4.78 is 0. The van der Waals surface area contributed by atoms with Crippen LogP contribution in [0.15, 0.2) is 23.8 Å². The maximum Gasteiger partial charge on any atom is 0.305 e. The van der Waals surface area contributed by atoms with E-state index >= 15 is 0 Å². The molecule has 32 heavy (non-hydrogen) atoms. The molecular weight excluding hydrogens is 404 g/mol. The molecule has 5 atom stereocenters. The number of aliphatic hydroxyl groups is 2. The van der Waals surface area contributed by atoms with E-state index in [0.717, 1.165) is 37.0 Å². The Balaban J connectivity index is 0.000000246. The molecule has 0 saturated heterocycles. The Bertz CT molecular complexity index is 613. The fourth-order valence-corrected chi connectivity index (χ4v) is 4.75. The second kappa shape index (κ2) is 15.4. The molecule has 3 aliphatic rings. The lowest BCUT2D eigenvalue weighted by Crippen LogP contribution is -2.26. The van der Waals surface area contributed by atoms with Crippen molar-refractivity contribution in [2.45, 2.75) is 98.0 Å². The molecule has 3 N–H and O–H groups in total. The summed E-state index contributed by atoms with van der Waals surface area (Å²) >= 11 is 0. The van der Waals surface area contributed by atoms with E-state index in [0.29, 0.717) is 17.6 Å². The van der Waals surface area contributed by atoms with Crippen LogP contribution in [0.3, 0.4) is 0 Å². The number of ketones is 1. The van der Waals surface area contributed by atoms with E-state index in [4.69, 9.17) is 15.3 Å². The fourth-order valence-electron chi connectivity index (χ4n) is 4.75. The molecule has 0 aliphatic heterocycles. The maximum absolute atomic E-state index is 11.4. The lowest BCUT2D eigenvalue weighted by atomic mass is 9.69. The van der Waals surface area contributed by atoms with E-state index in [-0.39, 0.29) is 19.4 Å². The molecule has 0 aromatic carbocycles. The van der Waals surface area contributed by atoms with Crippen molar-refractivity contribution in [3.05, 3.63) is 23.8 Å². The maximum atomic E-state index is 11.4. The molecule has 5 heteroatoms. The smallest absolute Gasteiger partial charge is 0.305 e. The Kier molecular flexibility index (Phi) is 13.7. The van der Waals surface area contributed by atoms with Crippen LogP contribution < -0.4 is 0 Å². The zero-order valence-electron chi connectivity index (χ0n) is 20.6. The minimum Gasteiger partial charge on any atom is -0.481 e. The second-order valence-electron chi connectivity index (χ2n) is 9.64. The largest absolute Gasteiger partial charge is 0.481 e. The van der Waals surface area contributed by atoms with Gasteiger partial charge in [-0.1, -0.05) is 58.8 Å². The highest BCUT2D eigenvalue weighted by atomic mass is 16.4. The number of hydrogen-bond donors (Lipinski definition) is 3. The molecule has 0 spiro atoms. The molecule has 0 amide bonds. The van der Waals surface area contributed by atoms with Gasteiger partial charge in [0.15, 0.2) is 0 Å². The number of fused-ring (bicyclic) bond motifs is 1. The SMILES string of the molecule is CCC1C(C)C=CC2=CCCCC21.CC[C@H](C)C(=O)C1CCC1.O=C(O)CC(O)CCO. The normalized spacial score (nSPS) is 26.1. The van der Waals surface area contributed by atoms with E-state index in [9.17, 15) is 9.59 Å². The van der Waals surface area contributed by atoms with Crippen LogP contribution in [0, 0.1) is 29.6 Å². The first kappa shape index (κ1) is 28.6. The Hall–Kier alpha value is -1.46. The van der Waals surface area contributed by atoms with Crippen LogP contribution >= 0.6 is 0 Å². The van der Waals surface area contributed by atoms with Crippen molar-refractivity contribution in [3.8, 4) is 0 Å². The molecule has 1 saturated carbocycles. The highest BCUT2D eigenvalue weighted by Crippen LogP contribution is 2.41. The van der Waals surface area contributed by atoms with Gasteiger partial charge in [0.2, 0.25) is 0 Å². The first-order chi connectivity index (χ1) is 15.2. The summed E-state index contributed by atoms with van der Waals surface area (Å²) in [6, 6.07) is 0. The molecule has 3 rings (SSSR count). The third-order valence-electron chi connectivity index (χ3n) is 7.26. The zero-order chi connectivity index (χ0) is 24.1. The fraction of sp³-hybridized carbons (Fsp3) is 0.778. The van der Waals surface area contributed by atoms with Gasteiger partial charge in [0, 0.05) is 18.4 Å². The van der Waals surface area contributed by atoms with Crippen molar-refractivity contribution in [2.75, 3.05) is 6.61 Å². The number of carboxylic acids is 1. The molecular formula is C27H46O5. The number of Topliss-reactive ketones (excluding diaryl/α,β-unsaturated/α-hetero) is 1. The molecule has 0 radical (unpaired) electrons. The monoisotopic (exact) mass is 450 g/mol. The van der Waals surface area contributed by atoms with Gasteiger partial charge in [0.05, 0.1) is 12.5 Å². The lowest BCUT2D eigenvalue weighted by Gasteiger charge is -2.36. The molecule has 3 aliphatic carbocycles. The van der Waals surface area contributed by atoms with Crippen molar-refractivity contribution < 1.29 is 24.9 Å². The van der Waals surface area contributed by atoms with E-state index in [2.05, 4.69) is 39.0 Å². The zero-order valence-corrected chi connectivity index (χ0v) is 20.6. The van der Waals surface area contributed by atoms with Crippen LogP contribution in [0.2, 0.25) is 0 Å².